The van der Waals surface area contributed by atoms with Crippen LogP contribution in [0.15, 0.2) is 58.1 Å². The van der Waals surface area contributed by atoms with E-state index in [-0.39, 0.29) is 42.0 Å². The quantitative estimate of drug-likeness (QED) is 0.285. The largest absolute Gasteiger partial charge is 0.469 e. The molecule has 2 fully saturated rings. The molecule has 180 valence electrons. The summed E-state index contributed by atoms with van der Waals surface area (Å²) in [6, 6.07) is 14.6. The standard InChI is InChI=1S/C26H36N4O2.HI/c1-20(21-9-4-2-5-10-21)28-26(27-16-14-24-13-8-18-32-24)29-23-15-17-30(19-23)25(31)22-11-6-3-7-12-22;/h2,4-5,8-10,13,18,20,22-23H,3,6-7,11-12,14-17,19H2,1H3,(H2,27,28,29);1H. The van der Waals surface area contributed by atoms with Crippen LogP contribution >= 0.6 is 24.0 Å². The minimum Gasteiger partial charge on any atom is -0.469 e. The Bertz CT molecular complexity index is 866. The van der Waals surface area contributed by atoms with E-state index in [1.807, 2.05) is 18.2 Å². The van der Waals surface area contributed by atoms with Crippen LogP contribution in [0.4, 0.5) is 0 Å². The Morgan fingerprint density at radius 3 is 2.64 bits per heavy atom. The molecule has 0 bridgehead atoms. The molecule has 2 aliphatic rings. The summed E-state index contributed by atoms with van der Waals surface area (Å²) >= 11 is 0. The minimum absolute atomic E-state index is 0. The van der Waals surface area contributed by atoms with Crippen LogP contribution in [0.2, 0.25) is 0 Å². The Hall–Kier alpha value is -2.03. The zero-order valence-corrected chi connectivity index (χ0v) is 21.9. The molecule has 0 radical (unpaired) electrons. The zero-order chi connectivity index (χ0) is 22.2. The number of aliphatic imine (C=N–C) groups is 1. The lowest BCUT2D eigenvalue weighted by molar-refractivity contribution is -0.135. The molecule has 2 atom stereocenters. The highest BCUT2D eigenvalue weighted by atomic mass is 127. The van der Waals surface area contributed by atoms with Gasteiger partial charge >= 0.3 is 0 Å². The molecule has 1 aromatic carbocycles. The summed E-state index contributed by atoms with van der Waals surface area (Å²) in [5.74, 6) is 2.33. The predicted molar refractivity (Wildman–Crippen MR) is 143 cm³/mol. The molecule has 4 rings (SSSR count). The third kappa shape index (κ3) is 7.48. The number of furan rings is 1. The molecule has 33 heavy (non-hydrogen) atoms. The van der Waals surface area contributed by atoms with Crippen molar-refractivity contribution < 1.29 is 9.21 Å². The van der Waals surface area contributed by atoms with Crippen molar-refractivity contribution in [2.24, 2.45) is 10.9 Å². The number of hydrogen-bond acceptors (Lipinski definition) is 3. The van der Waals surface area contributed by atoms with E-state index in [1.165, 1.54) is 24.8 Å². The molecule has 1 aliphatic heterocycles. The molecule has 2 N–H and O–H groups in total. The number of nitrogens with one attached hydrogen (secondary N) is 2. The molecule has 2 heterocycles. The SMILES string of the molecule is CC(NC(=NCCc1ccco1)NC1CCN(C(=O)C2CCCCC2)C1)c1ccccc1.I. The smallest absolute Gasteiger partial charge is 0.225 e. The van der Waals surface area contributed by atoms with Gasteiger partial charge in [0, 0.05) is 38.0 Å². The Morgan fingerprint density at radius 2 is 1.91 bits per heavy atom. The number of amides is 1. The van der Waals surface area contributed by atoms with Gasteiger partial charge in [-0.15, -0.1) is 24.0 Å². The first-order chi connectivity index (χ1) is 15.7. The molecule has 1 saturated heterocycles. The van der Waals surface area contributed by atoms with Crippen molar-refractivity contribution in [1.29, 1.82) is 0 Å². The third-order valence-electron chi connectivity index (χ3n) is 6.66. The molecule has 2 aromatic rings. The first kappa shape index (κ1) is 25.6. The molecule has 1 saturated carbocycles. The van der Waals surface area contributed by atoms with Gasteiger partial charge in [-0.3, -0.25) is 9.79 Å². The van der Waals surface area contributed by atoms with E-state index in [4.69, 9.17) is 9.41 Å². The fraction of sp³-hybridized carbons (Fsp3) is 0.538. The fourth-order valence-electron chi connectivity index (χ4n) is 4.78. The second-order valence-electron chi connectivity index (χ2n) is 9.09. The van der Waals surface area contributed by atoms with Crippen molar-refractivity contribution in [3.63, 3.8) is 0 Å². The first-order valence-electron chi connectivity index (χ1n) is 12.1. The topological polar surface area (TPSA) is 69.9 Å². The summed E-state index contributed by atoms with van der Waals surface area (Å²) in [6.07, 6.45) is 9.19. The number of guanidine groups is 1. The van der Waals surface area contributed by atoms with Gasteiger partial charge in [-0.2, -0.15) is 0 Å². The second kappa shape index (κ2) is 13.0. The van der Waals surface area contributed by atoms with E-state index < -0.39 is 0 Å². The number of benzene rings is 1. The van der Waals surface area contributed by atoms with Crippen molar-refractivity contribution >= 4 is 35.8 Å². The average molecular weight is 565 g/mol. The van der Waals surface area contributed by atoms with Crippen LogP contribution in [0, 0.1) is 5.92 Å². The molecular formula is C26H37IN4O2. The van der Waals surface area contributed by atoms with Gasteiger partial charge in [0.15, 0.2) is 5.96 Å². The maximum Gasteiger partial charge on any atom is 0.225 e. The minimum atomic E-state index is 0. The Kier molecular flexibility index (Phi) is 10.1. The summed E-state index contributed by atoms with van der Waals surface area (Å²) in [4.78, 5) is 19.8. The maximum atomic E-state index is 12.9. The lowest BCUT2D eigenvalue weighted by Gasteiger charge is -2.26. The normalized spacial score (nSPS) is 20.2. The van der Waals surface area contributed by atoms with Gasteiger partial charge < -0.3 is 20.0 Å². The lowest BCUT2D eigenvalue weighted by atomic mass is 9.88. The van der Waals surface area contributed by atoms with E-state index in [2.05, 4.69) is 46.7 Å². The van der Waals surface area contributed by atoms with Crippen LogP contribution in [-0.2, 0) is 11.2 Å². The highest BCUT2D eigenvalue weighted by Gasteiger charge is 2.32. The van der Waals surface area contributed by atoms with Crippen molar-refractivity contribution in [3.05, 3.63) is 60.1 Å². The molecule has 2 unspecified atom stereocenters. The molecule has 1 aromatic heterocycles. The molecule has 1 aliphatic carbocycles. The second-order valence-corrected chi connectivity index (χ2v) is 9.09. The highest BCUT2D eigenvalue weighted by Crippen LogP contribution is 2.26. The number of halogens is 1. The Labute approximate surface area is 214 Å². The fourth-order valence-corrected chi connectivity index (χ4v) is 4.78. The van der Waals surface area contributed by atoms with Gasteiger partial charge in [0.1, 0.15) is 5.76 Å². The van der Waals surface area contributed by atoms with Gasteiger partial charge in [-0.05, 0) is 43.9 Å². The Balaban J connectivity index is 0.00000306. The van der Waals surface area contributed by atoms with Crippen LogP contribution in [0.25, 0.3) is 0 Å². The van der Waals surface area contributed by atoms with Crippen LogP contribution in [0.1, 0.15) is 62.8 Å². The number of hydrogen-bond donors (Lipinski definition) is 2. The Morgan fingerprint density at radius 1 is 1.12 bits per heavy atom. The molecule has 7 heteroatoms. The number of rotatable bonds is 7. The number of carbonyl (C=O) groups is 1. The van der Waals surface area contributed by atoms with Gasteiger partial charge in [0.2, 0.25) is 5.91 Å². The van der Waals surface area contributed by atoms with E-state index in [0.29, 0.717) is 12.5 Å². The summed E-state index contributed by atoms with van der Waals surface area (Å²) in [6.45, 7) is 4.38. The van der Waals surface area contributed by atoms with Gasteiger partial charge in [0.05, 0.1) is 12.3 Å². The van der Waals surface area contributed by atoms with Crippen LogP contribution in [0.5, 0.6) is 0 Å². The summed E-state index contributed by atoms with van der Waals surface area (Å²) in [7, 11) is 0. The monoisotopic (exact) mass is 564 g/mol. The molecule has 0 spiro atoms. The zero-order valence-electron chi connectivity index (χ0n) is 19.5. The van der Waals surface area contributed by atoms with E-state index >= 15 is 0 Å². The van der Waals surface area contributed by atoms with Crippen LogP contribution < -0.4 is 10.6 Å². The van der Waals surface area contributed by atoms with Gasteiger partial charge in [0.25, 0.3) is 0 Å². The number of nitrogens with zero attached hydrogens (tertiary/aromatic N) is 2. The van der Waals surface area contributed by atoms with E-state index in [1.54, 1.807) is 6.26 Å². The number of likely N-dealkylation sites (tertiary alicyclic amines) is 1. The van der Waals surface area contributed by atoms with Crippen LogP contribution in [0.3, 0.4) is 0 Å². The van der Waals surface area contributed by atoms with Crippen molar-refractivity contribution in [2.75, 3.05) is 19.6 Å². The van der Waals surface area contributed by atoms with Crippen LogP contribution in [-0.4, -0.2) is 42.4 Å². The predicted octanol–water partition coefficient (Wildman–Crippen LogP) is 4.92. The van der Waals surface area contributed by atoms with Gasteiger partial charge in [-0.25, -0.2) is 0 Å². The van der Waals surface area contributed by atoms with Crippen molar-refractivity contribution in [2.45, 2.75) is 64.0 Å². The summed E-state index contributed by atoms with van der Waals surface area (Å²) in [5, 5.41) is 7.15. The van der Waals surface area contributed by atoms with E-state index in [9.17, 15) is 4.79 Å². The van der Waals surface area contributed by atoms with E-state index in [0.717, 1.165) is 50.5 Å². The summed E-state index contributed by atoms with van der Waals surface area (Å²) < 4.78 is 5.44. The van der Waals surface area contributed by atoms with Crippen molar-refractivity contribution in [1.82, 2.24) is 15.5 Å². The van der Waals surface area contributed by atoms with Gasteiger partial charge in [-0.1, -0.05) is 49.6 Å². The first-order valence-corrected chi connectivity index (χ1v) is 12.1. The summed E-state index contributed by atoms with van der Waals surface area (Å²) in [5.41, 5.74) is 1.22. The number of carbonyl (C=O) groups excluding carboxylic acids is 1. The van der Waals surface area contributed by atoms with Crippen molar-refractivity contribution in [3.8, 4) is 0 Å². The average Bonchev–Trinajstić information content (AvgIpc) is 3.52. The lowest BCUT2D eigenvalue weighted by Crippen LogP contribution is -2.46. The molecular weight excluding hydrogens is 527 g/mol. The molecule has 6 nitrogen and oxygen atoms in total. The molecule has 1 amide bonds. The highest BCUT2D eigenvalue weighted by molar-refractivity contribution is 14.0. The maximum absolute atomic E-state index is 12.9. The third-order valence-corrected chi connectivity index (χ3v) is 6.66.